The van der Waals surface area contributed by atoms with Gasteiger partial charge in [-0.25, -0.2) is 0 Å². The molecule has 0 aliphatic heterocycles. The lowest BCUT2D eigenvalue weighted by molar-refractivity contribution is 0.671. The van der Waals surface area contributed by atoms with Gasteiger partial charge in [0.2, 0.25) is 0 Å². The first kappa shape index (κ1) is 13.2. The molecule has 0 saturated heterocycles. The molecule has 20 heavy (non-hydrogen) atoms. The van der Waals surface area contributed by atoms with Crippen LogP contribution in [0.4, 0.5) is 5.69 Å². The van der Waals surface area contributed by atoms with Crippen LogP contribution in [-0.2, 0) is 13.1 Å². The van der Waals surface area contributed by atoms with Gasteiger partial charge in [-0.05, 0) is 41.1 Å². The van der Waals surface area contributed by atoms with Gasteiger partial charge in [0.25, 0.3) is 0 Å². The minimum Gasteiger partial charge on any atom is -0.378 e. The molecule has 1 heterocycles. The quantitative estimate of drug-likeness (QED) is 0.767. The molecule has 1 N–H and O–H groups in total. The van der Waals surface area contributed by atoms with Crippen LogP contribution >= 0.6 is 15.9 Å². The number of aryl methyl sites for hydroxylation is 1. The van der Waals surface area contributed by atoms with Crippen LogP contribution in [0.3, 0.4) is 0 Å². The number of aromatic nitrogens is 2. The van der Waals surface area contributed by atoms with Gasteiger partial charge >= 0.3 is 0 Å². The summed E-state index contributed by atoms with van der Waals surface area (Å²) < 4.78 is 3.12. The molecule has 4 heteroatoms. The molecule has 0 bridgehead atoms. The van der Waals surface area contributed by atoms with Crippen molar-refractivity contribution in [2.45, 2.75) is 20.0 Å². The number of fused-ring (bicyclic) bond motifs is 1. The Morgan fingerprint density at radius 2 is 1.85 bits per heavy atom. The van der Waals surface area contributed by atoms with Crippen molar-refractivity contribution in [3.63, 3.8) is 0 Å². The summed E-state index contributed by atoms with van der Waals surface area (Å²) in [6, 6.07) is 16.5. The zero-order chi connectivity index (χ0) is 13.9. The van der Waals surface area contributed by atoms with E-state index < -0.39 is 0 Å². The first-order chi connectivity index (χ1) is 9.79. The van der Waals surface area contributed by atoms with Crippen LogP contribution in [0.5, 0.6) is 0 Å². The van der Waals surface area contributed by atoms with E-state index in [0.29, 0.717) is 0 Å². The SMILES string of the molecule is CCn1nc(CNc2ccccc2Br)c2ccccc21. The Kier molecular flexibility index (Phi) is 3.74. The van der Waals surface area contributed by atoms with E-state index in [9.17, 15) is 0 Å². The fourth-order valence-corrected chi connectivity index (χ4v) is 2.78. The van der Waals surface area contributed by atoms with Crippen LogP contribution in [0.2, 0.25) is 0 Å². The summed E-state index contributed by atoms with van der Waals surface area (Å²) in [4.78, 5) is 0. The third-order valence-electron chi connectivity index (χ3n) is 3.35. The summed E-state index contributed by atoms with van der Waals surface area (Å²) in [5.41, 5.74) is 3.36. The molecule has 1 aromatic heterocycles. The molecular weight excluding hydrogens is 314 g/mol. The number of rotatable bonds is 4. The average molecular weight is 330 g/mol. The minimum absolute atomic E-state index is 0.718. The van der Waals surface area contributed by atoms with Gasteiger partial charge in [0.1, 0.15) is 0 Å². The molecule has 0 spiro atoms. The molecule has 3 aromatic rings. The second-order valence-electron chi connectivity index (χ2n) is 4.61. The van der Waals surface area contributed by atoms with E-state index in [1.165, 1.54) is 10.9 Å². The molecule has 102 valence electrons. The number of nitrogens with zero attached hydrogens (tertiary/aromatic N) is 2. The van der Waals surface area contributed by atoms with Gasteiger partial charge in [-0.15, -0.1) is 0 Å². The normalized spacial score (nSPS) is 10.9. The second-order valence-corrected chi connectivity index (χ2v) is 5.47. The predicted molar refractivity (Wildman–Crippen MR) is 86.9 cm³/mol. The highest BCUT2D eigenvalue weighted by Crippen LogP contribution is 2.23. The highest BCUT2D eigenvalue weighted by Gasteiger charge is 2.09. The van der Waals surface area contributed by atoms with Crippen LogP contribution in [0.1, 0.15) is 12.6 Å². The van der Waals surface area contributed by atoms with Crippen LogP contribution in [0, 0.1) is 0 Å². The lowest BCUT2D eigenvalue weighted by atomic mass is 10.2. The van der Waals surface area contributed by atoms with Gasteiger partial charge in [-0.2, -0.15) is 5.10 Å². The smallest absolute Gasteiger partial charge is 0.0894 e. The second kappa shape index (κ2) is 5.67. The van der Waals surface area contributed by atoms with E-state index in [1.807, 2.05) is 22.9 Å². The molecule has 0 unspecified atom stereocenters. The molecule has 3 rings (SSSR count). The number of halogens is 1. The number of hydrogen-bond acceptors (Lipinski definition) is 2. The third kappa shape index (κ3) is 2.43. The first-order valence-corrected chi connectivity index (χ1v) is 7.51. The largest absolute Gasteiger partial charge is 0.378 e. The van der Waals surface area contributed by atoms with Crippen LogP contribution in [0.25, 0.3) is 10.9 Å². The van der Waals surface area contributed by atoms with E-state index in [4.69, 9.17) is 5.10 Å². The fraction of sp³-hybridized carbons (Fsp3) is 0.188. The van der Waals surface area contributed by atoms with Crippen LogP contribution in [-0.4, -0.2) is 9.78 Å². The van der Waals surface area contributed by atoms with Crippen molar-refractivity contribution in [1.82, 2.24) is 9.78 Å². The van der Waals surface area contributed by atoms with Gasteiger partial charge in [-0.3, -0.25) is 4.68 Å². The standard InChI is InChI=1S/C16H16BrN3/c1-2-20-16-10-6-3-7-12(16)15(19-20)11-18-14-9-5-4-8-13(14)17/h3-10,18H,2,11H2,1H3. The molecular formula is C16H16BrN3. The number of benzene rings is 2. The molecule has 0 saturated carbocycles. The van der Waals surface area contributed by atoms with Gasteiger partial charge in [0.05, 0.1) is 17.8 Å². The Bertz CT molecular complexity index is 733. The van der Waals surface area contributed by atoms with Crippen molar-refractivity contribution in [3.8, 4) is 0 Å². The van der Waals surface area contributed by atoms with Gasteiger partial charge in [0.15, 0.2) is 0 Å². The maximum atomic E-state index is 4.69. The Labute approximate surface area is 126 Å². The number of nitrogens with one attached hydrogen (secondary N) is 1. The summed E-state index contributed by atoms with van der Waals surface area (Å²) in [6.45, 7) is 3.72. The monoisotopic (exact) mass is 329 g/mol. The van der Waals surface area contributed by atoms with Crippen LogP contribution < -0.4 is 5.32 Å². The molecule has 0 aliphatic rings. The maximum Gasteiger partial charge on any atom is 0.0894 e. The van der Waals surface area contributed by atoms with Gasteiger partial charge < -0.3 is 5.32 Å². The molecule has 0 aliphatic carbocycles. The van der Waals surface area contributed by atoms with Gasteiger partial charge in [-0.1, -0.05) is 30.3 Å². The molecule has 0 amide bonds. The van der Waals surface area contributed by atoms with Crippen molar-refractivity contribution in [1.29, 1.82) is 0 Å². The van der Waals surface area contributed by atoms with Crippen molar-refractivity contribution in [2.75, 3.05) is 5.32 Å². The van der Waals surface area contributed by atoms with E-state index in [0.717, 1.165) is 28.9 Å². The van der Waals surface area contributed by atoms with Crippen molar-refractivity contribution < 1.29 is 0 Å². The van der Waals surface area contributed by atoms with E-state index >= 15 is 0 Å². The minimum atomic E-state index is 0.718. The summed E-state index contributed by atoms with van der Waals surface area (Å²) in [5.74, 6) is 0. The van der Waals surface area contributed by atoms with Crippen LogP contribution in [0.15, 0.2) is 53.0 Å². The Morgan fingerprint density at radius 3 is 2.65 bits per heavy atom. The molecule has 3 nitrogen and oxygen atoms in total. The number of hydrogen-bond donors (Lipinski definition) is 1. The third-order valence-corrected chi connectivity index (χ3v) is 4.05. The number of para-hydroxylation sites is 2. The molecule has 0 atom stereocenters. The Hall–Kier alpha value is -1.81. The fourth-order valence-electron chi connectivity index (χ4n) is 2.35. The van der Waals surface area contributed by atoms with Crippen molar-refractivity contribution in [2.24, 2.45) is 0 Å². The average Bonchev–Trinajstić information content (AvgIpc) is 2.85. The highest BCUT2D eigenvalue weighted by molar-refractivity contribution is 9.10. The summed E-state index contributed by atoms with van der Waals surface area (Å²) in [7, 11) is 0. The molecule has 0 fully saturated rings. The number of anilines is 1. The first-order valence-electron chi connectivity index (χ1n) is 6.72. The lowest BCUT2D eigenvalue weighted by Gasteiger charge is -2.06. The van der Waals surface area contributed by atoms with E-state index in [2.05, 4.69) is 58.5 Å². The lowest BCUT2D eigenvalue weighted by Crippen LogP contribution is -2.02. The summed E-state index contributed by atoms with van der Waals surface area (Å²) >= 11 is 3.55. The topological polar surface area (TPSA) is 29.9 Å². The highest BCUT2D eigenvalue weighted by atomic mass is 79.9. The van der Waals surface area contributed by atoms with Crippen molar-refractivity contribution >= 4 is 32.5 Å². The zero-order valence-corrected chi connectivity index (χ0v) is 12.9. The van der Waals surface area contributed by atoms with E-state index in [-0.39, 0.29) is 0 Å². The summed E-state index contributed by atoms with van der Waals surface area (Å²) in [6.07, 6.45) is 0. The van der Waals surface area contributed by atoms with E-state index in [1.54, 1.807) is 0 Å². The van der Waals surface area contributed by atoms with Crippen molar-refractivity contribution in [3.05, 3.63) is 58.7 Å². The Balaban J connectivity index is 1.90. The van der Waals surface area contributed by atoms with Gasteiger partial charge in [0, 0.05) is 22.1 Å². The maximum absolute atomic E-state index is 4.69. The predicted octanol–water partition coefficient (Wildman–Crippen LogP) is 4.43. The molecule has 0 radical (unpaired) electrons. The summed E-state index contributed by atoms with van der Waals surface area (Å²) in [5, 5.41) is 9.34. The Morgan fingerprint density at radius 1 is 1.10 bits per heavy atom. The zero-order valence-electron chi connectivity index (χ0n) is 11.3. The molecule has 2 aromatic carbocycles.